The van der Waals surface area contributed by atoms with Crippen molar-refractivity contribution in [2.24, 2.45) is 10.2 Å². The minimum Gasteiger partial charge on any atom is -0.372 e. The van der Waals surface area contributed by atoms with Gasteiger partial charge in [0.1, 0.15) is 5.65 Å². The maximum atomic E-state index is 4.77. The molecule has 4 rings (SSSR count). The normalized spacial score (nSPS) is 15.4. The Hall–Kier alpha value is -2.69. The number of anilines is 1. The molecule has 3 aromatic rings. The van der Waals surface area contributed by atoms with Crippen LogP contribution in [0.4, 0.5) is 17.2 Å². The van der Waals surface area contributed by atoms with Crippen molar-refractivity contribution in [3.8, 4) is 0 Å². The van der Waals surface area contributed by atoms with Gasteiger partial charge in [0.05, 0.1) is 11.4 Å². The molecule has 1 saturated heterocycles. The molecular formula is C21H25N5. The van der Waals surface area contributed by atoms with E-state index >= 15 is 0 Å². The minimum atomic E-state index is -0.0972. The molecule has 0 bridgehead atoms. The van der Waals surface area contributed by atoms with E-state index in [1.54, 1.807) is 0 Å². The Morgan fingerprint density at radius 2 is 1.65 bits per heavy atom. The molecule has 0 spiro atoms. The lowest BCUT2D eigenvalue weighted by Gasteiger charge is -2.17. The Balaban J connectivity index is 1.66. The fraction of sp³-hybridized carbons (Fsp3) is 0.381. The molecular weight excluding hydrogens is 322 g/mol. The van der Waals surface area contributed by atoms with Crippen molar-refractivity contribution in [2.75, 3.05) is 18.0 Å². The molecule has 26 heavy (non-hydrogen) atoms. The van der Waals surface area contributed by atoms with Crippen LogP contribution in [0, 0.1) is 0 Å². The molecule has 134 valence electrons. The summed E-state index contributed by atoms with van der Waals surface area (Å²) in [6, 6.07) is 14.3. The fourth-order valence-electron chi connectivity index (χ4n) is 3.39. The molecule has 3 heterocycles. The van der Waals surface area contributed by atoms with E-state index in [0.717, 1.165) is 35.9 Å². The highest BCUT2D eigenvalue weighted by Crippen LogP contribution is 2.33. The molecule has 1 fully saturated rings. The molecule has 0 atom stereocenters. The highest BCUT2D eigenvalue weighted by Gasteiger charge is 2.24. The third kappa shape index (κ3) is 3.21. The number of hydrogen-bond acceptors (Lipinski definition) is 4. The average molecular weight is 347 g/mol. The zero-order valence-electron chi connectivity index (χ0n) is 15.7. The van der Waals surface area contributed by atoms with Crippen molar-refractivity contribution in [3.63, 3.8) is 0 Å². The zero-order valence-corrected chi connectivity index (χ0v) is 15.7. The van der Waals surface area contributed by atoms with Gasteiger partial charge in [-0.25, -0.2) is 4.98 Å². The van der Waals surface area contributed by atoms with Crippen LogP contribution in [0.15, 0.2) is 58.9 Å². The van der Waals surface area contributed by atoms with Crippen LogP contribution in [0.5, 0.6) is 0 Å². The van der Waals surface area contributed by atoms with Crippen LogP contribution in [-0.4, -0.2) is 22.5 Å². The second kappa shape index (κ2) is 6.56. The lowest BCUT2D eigenvalue weighted by atomic mass is 9.92. The van der Waals surface area contributed by atoms with Crippen molar-refractivity contribution in [2.45, 2.75) is 39.0 Å². The molecule has 0 radical (unpaired) electrons. The predicted molar refractivity (Wildman–Crippen MR) is 106 cm³/mol. The van der Waals surface area contributed by atoms with Crippen LogP contribution in [0.25, 0.3) is 5.65 Å². The van der Waals surface area contributed by atoms with Gasteiger partial charge < -0.3 is 4.90 Å². The molecule has 5 heteroatoms. The third-order valence-electron chi connectivity index (χ3n) is 4.80. The summed E-state index contributed by atoms with van der Waals surface area (Å²) in [4.78, 5) is 7.18. The number of aromatic nitrogens is 2. The van der Waals surface area contributed by atoms with Gasteiger partial charge in [-0.05, 0) is 49.2 Å². The fourth-order valence-corrected chi connectivity index (χ4v) is 3.39. The SMILES string of the molecule is CC(C)(C)c1nc2ccccn2c1N=Nc1ccc(N2CCCC2)cc1. The topological polar surface area (TPSA) is 45.3 Å². The molecule has 1 aliphatic rings. The molecule has 0 amide bonds. The Morgan fingerprint density at radius 1 is 0.923 bits per heavy atom. The first-order valence-electron chi connectivity index (χ1n) is 9.27. The molecule has 0 N–H and O–H groups in total. The van der Waals surface area contributed by atoms with Gasteiger partial charge in [0, 0.05) is 30.4 Å². The van der Waals surface area contributed by atoms with E-state index in [1.165, 1.54) is 18.5 Å². The standard InChI is InChI=1S/C21H25N5/c1-21(2,3)19-20(26-15-5-4-8-18(26)22-19)24-23-16-9-11-17(12-10-16)25-13-6-7-14-25/h4-5,8-12,15H,6-7,13-14H2,1-3H3. The smallest absolute Gasteiger partial charge is 0.183 e. The first kappa shape index (κ1) is 16.8. The summed E-state index contributed by atoms with van der Waals surface area (Å²) in [5, 5.41) is 9.06. The molecule has 0 saturated carbocycles. The second-order valence-electron chi connectivity index (χ2n) is 7.87. The average Bonchev–Trinajstić information content (AvgIpc) is 3.28. The van der Waals surface area contributed by atoms with Crippen LogP contribution in [0.1, 0.15) is 39.3 Å². The summed E-state index contributed by atoms with van der Waals surface area (Å²) < 4.78 is 2.00. The summed E-state index contributed by atoms with van der Waals surface area (Å²) >= 11 is 0. The number of imidazole rings is 1. The Kier molecular flexibility index (Phi) is 4.23. The van der Waals surface area contributed by atoms with Crippen molar-refractivity contribution >= 4 is 22.8 Å². The van der Waals surface area contributed by atoms with Gasteiger partial charge in [0.2, 0.25) is 0 Å². The quantitative estimate of drug-likeness (QED) is 0.575. The highest BCUT2D eigenvalue weighted by molar-refractivity contribution is 5.55. The van der Waals surface area contributed by atoms with Crippen LogP contribution < -0.4 is 4.90 Å². The maximum absolute atomic E-state index is 4.77. The molecule has 0 unspecified atom stereocenters. The third-order valence-corrected chi connectivity index (χ3v) is 4.80. The van der Waals surface area contributed by atoms with E-state index < -0.39 is 0 Å². The lowest BCUT2D eigenvalue weighted by molar-refractivity contribution is 0.574. The van der Waals surface area contributed by atoms with Gasteiger partial charge in [-0.15, -0.1) is 10.2 Å². The van der Waals surface area contributed by atoms with Crippen LogP contribution in [0.3, 0.4) is 0 Å². The van der Waals surface area contributed by atoms with Gasteiger partial charge in [0.25, 0.3) is 0 Å². The second-order valence-corrected chi connectivity index (χ2v) is 7.87. The van der Waals surface area contributed by atoms with Gasteiger partial charge in [0.15, 0.2) is 5.82 Å². The van der Waals surface area contributed by atoms with Crippen LogP contribution >= 0.6 is 0 Å². The summed E-state index contributed by atoms with van der Waals surface area (Å²) in [6.45, 7) is 8.76. The summed E-state index contributed by atoms with van der Waals surface area (Å²) in [5.41, 5.74) is 3.89. The summed E-state index contributed by atoms with van der Waals surface area (Å²) in [5.74, 6) is 0.803. The highest BCUT2D eigenvalue weighted by atomic mass is 15.2. The first-order valence-corrected chi connectivity index (χ1v) is 9.27. The summed E-state index contributed by atoms with van der Waals surface area (Å²) in [6.07, 6.45) is 4.55. The zero-order chi connectivity index (χ0) is 18.1. The monoisotopic (exact) mass is 347 g/mol. The number of hydrogen-bond donors (Lipinski definition) is 0. The van der Waals surface area contributed by atoms with Gasteiger partial charge in [-0.1, -0.05) is 26.8 Å². The molecule has 5 nitrogen and oxygen atoms in total. The Bertz CT molecular complexity index is 925. The first-order chi connectivity index (χ1) is 12.5. The largest absolute Gasteiger partial charge is 0.372 e. The maximum Gasteiger partial charge on any atom is 0.183 e. The van der Waals surface area contributed by atoms with Crippen LogP contribution in [-0.2, 0) is 5.41 Å². The van der Waals surface area contributed by atoms with E-state index in [4.69, 9.17) is 4.98 Å². The number of nitrogens with zero attached hydrogens (tertiary/aromatic N) is 5. The van der Waals surface area contributed by atoms with E-state index in [1.807, 2.05) is 40.9 Å². The van der Waals surface area contributed by atoms with Crippen molar-refractivity contribution in [1.82, 2.24) is 9.38 Å². The van der Waals surface area contributed by atoms with Crippen LogP contribution in [0.2, 0.25) is 0 Å². The summed E-state index contributed by atoms with van der Waals surface area (Å²) in [7, 11) is 0. The number of benzene rings is 1. The van der Waals surface area contributed by atoms with E-state index in [2.05, 4.69) is 48.0 Å². The Labute approximate surface area is 154 Å². The number of pyridine rings is 1. The van der Waals surface area contributed by atoms with E-state index in [9.17, 15) is 0 Å². The lowest BCUT2D eigenvalue weighted by Crippen LogP contribution is -2.17. The van der Waals surface area contributed by atoms with Gasteiger partial charge in [-0.2, -0.15) is 0 Å². The molecule has 2 aromatic heterocycles. The van der Waals surface area contributed by atoms with E-state index in [0.29, 0.717) is 0 Å². The number of rotatable bonds is 3. The molecule has 1 aromatic carbocycles. The van der Waals surface area contributed by atoms with Crippen molar-refractivity contribution < 1.29 is 0 Å². The van der Waals surface area contributed by atoms with Gasteiger partial charge in [-0.3, -0.25) is 4.40 Å². The Morgan fingerprint density at radius 3 is 2.35 bits per heavy atom. The van der Waals surface area contributed by atoms with Crippen molar-refractivity contribution in [1.29, 1.82) is 0 Å². The minimum absolute atomic E-state index is 0.0972. The molecule has 1 aliphatic heterocycles. The molecule has 0 aliphatic carbocycles. The van der Waals surface area contributed by atoms with Gasteiger partial charge >= 0.3 is 0 Å². The van der Waals surface area contributed by atoms with E-state index in [-0.39, 0.29) is 5.41 Å². The predicted octanol–water partition coefficient (Wildman–Crippen LogP) is 5.65. The number of azo groups is 1. The number of fused-ring (bicyclic) bond motifs is 1. The van der Waals surface area contributed by atoms with Crippen molar-refractivity contribution in [3.05, 3.63) is 54.4 Å².